The number of nitrogens with zero attached hydrogens (tertiary/aromatic N) is 1. The molecular formula is C14H24ClNO3S. The van der Waals surface area contributed by atoms with E-state index in [9.17, 15) is 13.2 Å². The molecule has 0 aromatic heterocycles. The minimum absolute atomic E-state index is 0.0883. The van der Waals surface area contributed by atoms with Crippen LogP contribution in [0.1, 0.15) is 46.0 Å². The average Bonchev–Trinajstić information content (AvgIpc) is 2.52. The summed E-state index contributed by atoms with van der Waals surface area (Å²) in [5, 5.41) is 0. The number of likely N-dealkylation sites (tertiary alicyclic amines) is 1. The van der Waals surface area contributed by atoms with E-state index in [2.05, 4.69) is 13.8 Å². The van der Waals surface area contributed by atoms with Gasteiger partial charge in [0.1, 0.15) is 0 Å². The summed E-state index contributed by atoms with van der Waals surface area (Å²) in [6, 6.07) is 0. The maximum absolute atomic E-state index is 12.1. The first-order valence-electron chi connectivity index (χ1n) is 7.39. The van der Waals surface area contributed by atoms with Gasteiger partial charge < -0.3 is 4.90 Å². The Morgan fingerprint density at radius 1 is 1.40 bits per heavy atom. The van der Waals surface area contributed by atoms with Gasteiger partial charge in [-0.2, -0.15) is 0 Å². The number of carbonyl (C=O) groups is 1. The first-order valence-corrected chi connectivity index (χ1v) is 9.87. The van der Waals surface area contributed by atoms with Crippen molar-refractivity contribution in [1.82, 2.24) is 4.90 Å². The average molecular weight is 322 g/mol. The third-order valence-electron chi connectivity index (χ3n) is 4.51. The van der Waals surface area contributed by atoms with E-state index in [0.717, 1.165) is 13.0 Å². The van der Waals surface area contributed by atoms with Gasteiger partial charge in [-0.3, -0.25) is 4.79 Å². The second-order valence-electron chi connectivity index (χ2n) is 7.00. The van der Waals surface area contributed by atoms with Crippen molar-refractivity contribution in [1.29, 1.82) is 0 Å². The maximum Gasteiger partial charge on any atom is 0.232 e. The van der Waals surface area contributed by atoms with E-state index in [1.54, 1.807) is 0 Å². The lowest BCUT2D eigenvalue weighted by Crippen LogP contribution is -2.44. The summed E-state index contributed by atoms with van der Waals surface area (Å²) < 4.78 is 22.3. The Morgan fingerprint density at radius 3 is 2.50 bits per heavy atom. The van der Waals surface area contributed by atoms with E-state index >= 15 is 0 Å². The number of rotatable bonds is 6. The predicted octanol–water partition coefficient (Wildman–Crippen LogP) is 2.62. The zero-order chi connectivity index (χ0) is 15.0. The van der Waals surface area contributed by atoms with Crippen LogP contribution in [0.5, 0.6) is 0 Å². The smallest absolute Gasteiger partial charge is 0.232 e. The molecule has 1 aliphatic carbocycles. The molecule has 1 unspecified atom stereocenters. The molecule has 2 rings (SSSR count). The Balaban J connectivity index is 1.94. The van der Waals surface area contributed by atoms with Crippen molar-refractivity contribution < 1.29 is 13.2 Å². The van der Waals surface area contributed by atoms with E-state index in [1.807, 2.05) is 4.90 Å². The van der Waals surface area contributed by atoms with Crippen molar-refractivity contribution >= 4 is 25.6 Å². The molecule has 0 aromatic rings. The fourth-order valence-corrected chi connectivity index (χ4v) is 5.10. The van der Waals surface area contributed by atoms with Crippen LogP contribution in [0.4, 0.5) is 0 Å². The second kappa shape index (κ2) is 5.84. The lowest BCUT2D eigenvalue weighted by atomic mass is 9.64. The van der Waals surface area contributed by atoms with Gasteiger partial charge in [0.05, 0.1) is 5.75 Å². The molecule has 2 fully saturated rings. The summed E-state index contributed by atoms with van der Waals surface area (Å²) in [5.74, 6) is 0.493. The van der Waals surface area contributed by atoms with Crippen LogP contribution in [0, 0.1) is 17.3 Å². The molecule has 1 aliphatic heterocycles. The van der Waals surface area contributed by atoms with Crippen molar-refractivity contribution in [3.63, 3.8) is 0 Å². The third-order valence-corrected chi connectivity index (χ3v) is 5.76. The van der Waals surface area contributed by atoms with Crippen LogP contribution >= 0.6 is 10.7 Å². The topological polar surface area (TPSA) is 54.5 Å². The molecule has 1 saturated carbocycles. The molecule has 0 N–H and O–H groups in total. The highest BCUT2D eigenvalue weighted by atomic mass is 35.7. The number of hydrogen-bond acceptors (Lipinski definition) is 3. The van der Waals surface area contributed by atoms with Crippen LogP contribution in [-0.2, 0) is 13.8 Å². The zero-order valence-corrected chi connectivity index (χ0v) is 13.8. The molecule has 0 spiro atoms. The summed E-state index contributed by atoms with van der Waals surface area (Å²) in [7, 11) is 1.78. The van der Waals surface area contributed by atoms with E-state index in [1.165, 1.54) is 19.3 Å². The molecular weight excluding hydrogens is 298 g/mol. The highest BCUT2D eigenvalue weighted by molar-refractivity contribution is 8.13. The quantitative estimate of drug-likeness (QED) is 0.707. The number of halogens is 1. The molecule has 20 heavy (non-hydrogen) atoms. The Labute approximate surface area is 126 Å². The Morgan fingerprint density at radius 2 is 2.05 bits per heavy atom. The molecule has 4 nitrogen and oxygen atoms in total. The summed E-state index contributed by atoms with van der Waals surface area (Å²) in [6.07, 6.45) is 5.09. The third kappa shape index (κ3) is 4.10. The van der Waals surface area contributed by atoms with Gasteiger partial charge in [-0.1, -0.05) is 20.3 Å². The van der Waals surface area contributed by atoms with Crippen LogP contribution in [-0.4, -0.2) is 38.1 Å². The number of carbonyl (C=O) groups excluding carboxylic acids is 1. The Bertz CT molecular complexity index is 471. The number of hydrogen-bond donors (Lipinski definition) is 0. The lowest BCUT2D eigenvalue weighted by molar-refractivity contribution is -0.130. The van der Waals surface area contributed by atoms with Crippen molar-refractivity contribution in [2.24, 2.45) is 17.3 Å². The fraction of sp³-hybridized carbons (Fsp3) is 0.929. The van der Waals surface area contributed by atoms with Gasteiger partial charge in [0, 0.05) is 36.1 Å². The highest BCUT2D eigenvalue weighted by Crippen LogP contribution is 2.47. The fourth-order valence-electron chi connectivity index (χ4n) is 3.77. The monoisotopic (exact) mass is 321 g/mol. The lowest BCUT2D eigenvalue weighted by Gasteiger charge is -2.45. The highest BCUT2D eigenvalue weighted by Gasteiger charge is 2.42. The van der Waals surface area contributed by atoms with Gasteiger partial charge in [-0.05, 0) is 30.6 Å². The van der Waals surface area contributed by atoms with Gasteiger partial charge in [-0.25, -0.2) is 8.42 Å². The van der Waals surface area contributed by atoms with Crippen LogP contribution in [0.25, 0.3) is 0 Å². The molecule has 1 amide bonds. The SMILES string of the molecule is CC(C)CC1(CN2CC(CS(=O)(=O)Cl)CC2=O)CCC1. The molecule has 1 heterocycles. The van der Waals surface area contributed by atoms with Gasteiger partial charge >= 0.3 is 0 Å². The summed E-state index contributed by atoms with van der Waals surface area (Å²) >= 11 is 0. The summed E-state index contributed by atoms with van der Waals surface area (Å²) in [4.78, 5) is 13.9. The van der Waals surface area contributed by atoms with Gasteiger partial charge in [-0.15, -0.1) is 0 Å². The zero-order valence-electron chi connectivity index (χ0n) is 12.3. The first-order chi connectivity index (χ1) is 9.19. The minimum Gasteiger partial charge on any atom is -0.342 e. The Kier molecular flexibility index (Phi) is 4.69. The standard InChI is InChI=1S/C14H24ClNO3S/c1-11(2)7-14(4-3-5-14)10-16-8-12(6-13(16)17)9-20(15,18)19/h11-12H,3-10H2,1-2H3. The predicted molar refractivity (Wildman–Crippen MR) is 80.1 cm³/mol. The maximum atomic E-state index is 12.1. The van der Waals surface area contributed by atoms with Crippen LogP contribution in [0.2, 0.25) is 0 Å². The second-order valence-corrected chi connectivity index (χ2v) is 9.82. The van der Waals surface area contributed by atoms with Gasteiger partial charge in [0.15, 0.2) is 0 Å². The summed E-state index contributed by atoms with van der Waals surface area (Å²) in [5.41, 5.74) is 0.276. The Hall–Kier alpha value is -0.290. The first kappa shape index (κ1) is 16.1. The van der Waals surface area contributed by atoms with Crippen LogP contribution in [0.15, 0.2) is 0 Å². The summed E-state index contributed by atoms with van der Waals surface area (Å²) in [6.45, 7) is 5.77. The molecule has 1 atom stereocenters. The normalized spacial score (nSPS) is 26.1. The largest absolute Gasteiger partial charge is 0.342 e. The molecule has 2 aliphatic rings. The van der Waals surface area contributed by atoms with E-state index < -0.39 is 9.05 Å². The molecule has 0 radical (unpaired) electrons. The van der Waals surface area contributed by atoms with Crippen LogP contribution < -0.4 is 0 Å². The molecule has 6 heteroatoms. The van der Waals surface area contributed by atoms with Crippen molar-refractivity contribution in [3.05, 3.63) is 0 Å². The van der Waals surface area contributed by atoms with Crippen molar-refractivity contribution in [2.75, 3.05) is 18.8 Å². The molecule has 0 aromatic carbocycles. The van der Waals surface area contributed by atoms with Crippen molar-refractivity contribution in [2.45, 2.75) is 46.0 Å². The van der Waals surface area contributed by atoms with Crippen molar-refractivity contribution in [3.8, 4) is 0 Å². The van der Waals surface area contributed by atoms with Crippen LogP contribution in [0.3, 0.4) is 0 Å². The van der Waals surface area contributed by atoms with E-state index in [-0.39, 0.29) is 23.0 Å². The van der Waals surface area contributed by atoms with Gasteiger partial charge in [0.25, 0.3) is 0 Å². The molecule has 0 bridgehead atoms. The van der Waals surface area contributed by atoms with E-state index in [0.29, 0.717) is 18.9 Å². The van der Waals surface area contributed by atoms with Gasteiger partial charge in [0.2, 0.25) is 15.0 Å². The molecule has 116 valence electrons. The van der Waals surface area contributed by atoms with E-state index in [4.69, 9.17) is 10.7 Å². The minimum atomic E-state index is -3.52. The molecule has 1 saturated heterocycles. The number of amides is 1.